The molecule has 2 saturated heterocycles. The number of hydrogen-bond acceptors (Lipinski definition) is 5. The molecule has 6 nitrogen and oxygen atoms in total. The number of rotatable bonds is 4. The predicted molar refractivity (Wildman–Crippen MR) is 91.6 cm³/mol. The highest BCUT2D eigenvalue weighted by Gasteiger charge is 2.48. The van der Waals surface area contributed by atoms with Crippen molar-refractivity contribution in [3.8, 4) is 0 Å². The first-order valence-corrected chi connectivity index (χ1v) is 10.2. The van der Waals surface area contributed by atoms with Gasteiger partial charge in [0.15, 0.2) is 15.6 Å². The van der Waals surface area contributed by atoms with Crippen molar-refractivity contribution in [3.63, 3.8) is 0 Å². The van der Waals surface area contributed by atoms with E-state index in [1.165, 1.54) is 11.8 Å². The Morgan fingerprint density at radius 3 is 2.75 bits per heavy atom. The van der Waals surface area contributed by atoms with Crippen molar-refractivity contribution in [2.24, 2.45) is 0 Å². The van der Waals surface area contributed by atoms with Crippen LogP contribution >= 0.6 is 0 Å². The molecule has 24 heavy (non-hydrogen) atoms. The van der Waals surface area contributed by atoms with Crippen LogP contribution in [0.1, 0.15) is 30.8 Å². The first-order valence-electron chi connectivity index (χ1n) is 8.36. The van der Waals surface area contributed by atoms with E-state index in [-0.39, 0.29) is 35.3 Å². The van der Waals surface area contributed by atoms with Crippen LogP contribution < -0.4 is 0 Å². The van der Waals surface area contributed by atoms with Crippen LogP contribution in [0.5, 0.6) is 0 Å². The summed E-state index contributed by atoms with van der Waals surface area (Å²) in [5.41, 5.74) is 1.24. The molecule has 1 aromatic heterocycles. The fraction of sp³-hybridized carbons (Fsp3) is 0.588. The van der Waals surface area contributed by atoms with E-state index in [2.05, 4.69) is 24.8 Å². The summed E-state index contributed by atoms with van der Waals surface area (Å²) in [4.78, 5) is 16.5. The number of carbonyl (C=O) groups excluding carboxylic acids is 1. The molecule has 0 unspecified atom stereocenters. The van der Waals surface area contributed by atoms with Crippen molar-refractivity contribution >= 4 is 15.7 Å². The van der Waals surface area contributed by atoms with E-state index in [9.17, 15) is 13.2 Å². The summed E-state index contributed by atoms with van der Waals surface area (Å²) in [5.74, 6) is 0.219. The molecule has 2 atom stereocenters. The van der Waals surface area contributed by atoms with Gasteiger partial charge in [0.2, 0.25) is 0 Å². The Bertz CT molecular complexity index is 724. The average Bonchev–Trinajstić information content (AvgIpc) is 3.13. The highest BCUT2D eigenvalue weighted by molar-refractivity contribution is 7.91. The normalized spacial score (nSPS) is 27.2. The number of sulfone groups is 1. The molecule has 2 fully saturated rings. The molecule has 2 aliphatic heterocycles. The van der Waals surface area contributed by atoms with E-state index in [0.29, 0.717) is 13.1 Å². The van der Waals surface area contributed by atoms with E-state index < -0.39 is 9.84 Å². The van der Waals surface area contributed by atoms with Crippen LogP contribution in [-0.4, -0.2) is 67.3 Å². The van der Waals surface area contributed by atoms with Crippen molar-refractivity contribution in [1.82, 2.24) is 9.80 Å². The summed E-state index contributed by atoms with van der Waals surface area (Å²) in [7, 11) is -3.13. The predicted octanol–water partition coefficient (Wildman–Crippen LogP) is 1.56. The van der Waals surface area contributed by atoms with Gasteiger partial charge in [-0.15, -0.1) is 0 Å². The fourth-order valence-electron chi connectivity index (χ4n) is 3.75. The minimum atomic E-state index is -3.13. The van der Waals surface area contributed by atoms with Crippen LogP contribution in [0.15, 0.2) is 34.5 Å². The van der Waals surface area contributed by atoms with Gasteiger partial charge in [0, 0.05) is 25.7 Å². The summed E-state index contributed by atoms with van der Waals surface area (Å²) in [6.45, 7) is 6.12. The molecule has 1 aromatic rings. The van der Waals surface area contributed by atoms with Crippen molar-refractivity contribution in [2.45, 2.75) is 32.4 Å². The third kappa shape index (κ3) is 3.42. The summed E-state index contributed by atoms with van der Waals surface area (Å²) < 4.78 is 29.6. The van der Waals surface area contributed by atoms with Crippen molar-refractivity contribution < 1.29 is 17.6 Å². The Hall–Kier alpha value is -1.60. The molecule has 3 rings (SSSR count). The maximum absolute atomic E-state index is 12.7. The van der Waals surface area contributed by atoms with Gasteiger partial charge in [-0.05, 0) is 25.5 Å². The monoisotopic (exact) mass is 352 g/mol. The molecule has 0 spiro atoms. The molecule has 0 aromatic carbocycles. The van der Waals surface area contributed by atoms with E-state index in [1.54, 1.807) is 17.0 Å². The Labute approximate surface area is 143 Å². The van der Waals surface area contributed by atoms with Crippen molar-refractivity contribution in [1.29, 1.82) is 0 Å². The minimum absolute atomic E-state index is 0.0388. The number of carbonyl (C=O) groups is 1. The van der Waals surface area contributed by atoms with Crippen molar-refractivity contribution in [3.05, 3.63) is 35.8 Å². The molecular weight excluding hydrogens is 328 g/mol. The molecule has 1 amide bonds. The number of amides is 1. The van der Waals surface area contributed by atoms with Gasteiger partial charge in [0.05, 0.1) is 23.8 Å². The molecule has 0 N–H and O–H groups in total. The van der Waals surface area contributed by atoms with E-state index in [0.717, 1.165) is 13.0 Å². The molecule has 7 heteroatoms. The molecule has 132 valence electrons. The summed E-state index contributed by atoms with van der Waals surface area (Å²) in [6, 6.07) is 2.87. The Balaban J connectivity index is 1.82. The SMILES string of the molecule is CCC=C(C)CN1CCN(C(=O)c2ccco2)[C@@H]2CS(=O)(=O)C[C@@H]21. The lowest BCUT2D eigenvalue weighted by molar-refractivity contribution is 0.0336. The van der Waals surface area contributed by atoms with E-state index >= 15 is 0 Å². The molecule has 0 bridgehead atoms. The molecular formula is C17H24N2O4S. The standard InChI is InChI=1S/C17H24N2O4S/c1-3-5-13(2)10-18-7-8-19(17(20)16-6-4-9-23-16)15-12-24(21,22)11-14(15)18/h4-6,9,14-15H,3,7-8,10-12H2,1-2H3/t14-,15+/m0/s1. The van der Waals surface area contributed by atoms with Crippen LogP contribution in [0.4, 0.5) is 0 Å². The molecule has 0 saturated carbocycles. The Morgan fingerprint density at radius 2 is 2.08 bits per heavy atom. The summed E-state index contributed by atoms with van der Waals surface area (Å²) in [6.07, 6.45) is 4.60. The van der Waals surface area contributed by atoms with Gasteiger partial charge in [-0.2, -0.15) is 0 Å². The summed E-state index contributed by atoms with van der Waals surface area (Å²) in [5, 5.41) is 0. The van der Waals surface area contributed by atoms with Crippen molar-refractivity contribution in [2.75, 3.05) is 31.1 Å². The largest absolute Gasteiger partial charge is 0.459 e. The van der Waals surface area contributed by atoms with Gasteiger partial charge in [0.1, 0.15) is 0 Å². The van der Waals surface area contributed by atoms with Gasteiger partial charge in [-0.1, -0.05) is 18.6 Å². The lowest BCUT2D eigenvalue weighted by Crippen LogP contribution is -2.60. The van der Waals surface area contributed by atoms with Gasteiger partial charge in [-0.3, -0.25) is 9.69 Å². The average molecular weight is 352 g/mol. The second-order valence-corrected chi connectivity index (χ2v) is 8.77. The van der Waals surface area contributed by atoms with Crippen LogP contribution in [0.2, 0.25) is 0 Å². The third-order valence-corrected chi connectivity index (χ3v) is 6.49. The smallest absolute Gasteiger partial charge is 0.289 e. The maximum Gasteiger partial charge on any atom is 0.289 e. The molecule has 0 aliphatic carbocycles. The zero-order valence-corrected chi connectivity index (χ0v) is 15.0. The van der Waals surface area contributed by atoms with E-state index in [1.807, 2.05) is 0 Å². The lowest BCUT2D eigenvalue weighted by Gasteiger charge is -2.43. The number of nitrogens with zero attached hydrogens (tertiary/aromatic N) is 2. The fourth-order valence-corrected chi connectivity index (χ4v) is 5.76. The second-order valence-electron chi connectivity index (χ2n) is 6.62. The zero-order chi connectivity index (χ0) is 17.3. The number of allylic oxidation sites excluding steroid dienone is 1. The van der Waals surface area contributed by atoms with Crippen LogP contribution in [0.25, 0.3) is 0 Å². The number of piperazine rings is 1. The highest BCUT2D eigenvalue weighted by Crippen LogP contribution is 2.28. The first kappa shape index (κ1) is 17.2. The Morgan fingerprint density at radius 1 is 1.33 bits per heavy atom. The number of fused-ring (bicyclic) bond motifs is 1. The number of hydrogen-bond donors (Lipinski definition) is 0. The zero-order valence-electron chi connectivity index (χ0n) is 14.1. The molecule has 3 heterocycles. The molecule has 0 radical (unpaired) electrons. The topological polar surface area (TPSA) is 70.8 Å². The highest BCUT2D eigenvalue weighted by atomic mass is 32.2. The minimum Gasteiger partial charge on any atom is -0.459 e. The maximum atomic E-state index is 12.7. The lowest BCUT2D eigenvalue weighted by atomic mass is 10.0. The first-order chi connectivity index (χ1) is 11.4. The Kier molecular flexibility index (Phi) is 4.83. The quantitative estimate of drug-likeness (QED) is 0.769. The summed E-state index contributed by atoms with van der Waals surface area (Å²) >= 11 is 0. The van der Waals surface area contributed by atoms with Gasteiger partial charge in [-0.25, -0.2) is 8.42 Å². The third-order valence-electron chi connectivity index (χ3n) is 4.79. The second kappa shape index (κ2) is 6.72. The van der Waals surface area contributed by atoms with Gasteiger partial charge < -0.3 is 9.32 Å². The van der Waals surface area contributed by atoms with Gasteiger partial charge >= 0.3 is 0 Å². The number of furan rings is 1. The van der Waals surface area contributed by atoms with Crippen LogP contribution in [0.3, 0.4) is 0 Å². The van der Waals surface area contributed by atoms with Crippen LogP contribution in [0, 0.1) is 0 Å². The van der Waals surface area contributed by atoms with E-state index in [4.69, 9.17) is 4.42 Å². The molecule has 2 aliphatic rings. The van der Waals surface area contributed by atoms with Crippen LogP contribution in [-0.2, 0) is 9.84 Å². The van der Waals surface area contributed by atoms with Gasteiger partial charge in [0.25, 0.3) is 5.91 Å².